The highest BCUT2D eigenvalue weighted by Gasteiger charge is 2.09. The highest BCUT2D eigenvalue weighted by molar-refractivity contribution is 8.13. The van der Waals surface area contributed by atoms with E-state index in [4.69, 9.17) is 0 Å². The molecule has 0 bridgehead atoms. The van der Waals surface area contributed by atoms with Gasteiger partial charge in [-0.2, -0.15) is 0 Å². The van der Waals surface area contributed by atoms with Gasteiger partial charge in [-0.05, 0) is 45.3 Å². The molecule has 98 valence electrons. The summed E-state index contributed by atoms with van der Waals surface area (Å²) in [5.74, 6) is 1.21. The van der Waals surface area contributed by atoms with Crippen LogP contribution in [0.4, 0.5) is 0 Å². The molecule has 1 saturated heterocycles. The number of thioether (sulfide) groups is 1. The van der Waals surface area contributed by atoms with Gasteiger partial charge in [-0.1, -0.05) is 24.6 Å². The molecule has 0 aromatic carbocycles. The number of hydrogen-bond donors (Lipinski definition) is 1. The Morgan fingerprint density at radius 3 is 2.65 bits per heavy atom. The normalized spacial score (nSPS) is 22.7. The number of likely N-dealkylation sites (tertiary alicyclic amines) is 1. The van der Waals surface area contributed by atoms with E-state index in [9.17, 15) is 0 Å². The van der Waals surface area contributed by atoms with Crippen molar-refractivity contribution >= 4 is 16.9 Å². The average molecular weight is 255 g/mol. The monoisotopic (exact) mass is 255 g/mol. The zero-order valence-corrected chi connectivity index (χ0v) is 11.6. The summed E-state index contributed by atoms with van der Waals surface area (Å²) < 4.78 is 0. The van der Waals surface area contributed by atoms with Crippen molar-refractivity contribution in [1.29, 1.82) is 0 Å². The number of hydrogen-bond acceptors (Lipinski definition) is 4. The van der Waals surface area contributed by atoms with Gasteiger partial charge < -0.3 is 10.2 Å². The number of nitrogens with zero attached hydrogens (tertiary/aromatic N) is 2. The van der Waals surface area contributed by atoms with Crippen LogP contribution in [0.3, 0.4) is 0 Å². The Balaban J connectivity index is 1.54. The molecule has 0 aliphatic carbocycles. The Kier molecular flexibility index (Phi) is 6.21. The first-order valence-electron chi connectivity index (χ1n) is 7.08. The number of amidine groups is 1. The molecule has 17 heavy (non-hydrogen) atoms. The quantitative estimate of drug-likeness (QED) is 0.781. The minimum atomic E-state index is 1.02. The lowest BCUT2D eigenvalue weighted by molar-refractivity contribution is 0.287. The fourth-order valence-electron chi connectivity index (χ4n) is 2.42. The van der Waals surface area contributed by atoms with Crippen molar-refractivity contribution in [2.75, 3.05) is 38.5 Å². The van der Waals surface area contributed by atoms with E-state index < -0.39 is 0 Å². The summed E-state index contributed by atoms with van der Waals surface area (Å²) in [5.41, 5.74) is 0. The van der Waals surface area contributed by atoms with E-state index in [-0.39, 0.29) is 0 Å². The van der Waals surface area contributed by atoms with Gasteiger partial charge in [0.05, 0.1) is 0 Å². The van der Waals surface area contributed by atoms with Crippen LogP contribution in [0, 0.1) is 0 Å². The molecule has 2 aliphatic heterocycles. The summed E-state index contributed by atoms with van der Waals surface area (Å²) in [4.78, 5) is 7.13. The minimum Gasteiger partial charge on any atom is -0.365 e. The SMILES string of the molecule is C1CCCN(CCCSC2=NCCCN2)CC1. The number of nitrogens with one attached hydrogen (secondary N) is 1. The summed E-state index contributed by atoms with van der Waals surface area (Å²) in [5, 5.41) is 4.54. The molecular weight excluding hydrogens is 230 g/mol. The molecule has 0 unspecified atom stereocenters. The van der Waals surface area contributed by atoms with Gasteiger partial charge in [0.1, 0.15) is 0 Å². The van der Waals surface area contributed by atoms with E-state index in [0.717, 1.165) is 13.1 Å². The maximum atomic E-state index is 4.48. The van der Waals surface area contributed by atoms with Crippen molar-refractivity contribution in [2.24, 2.45) is 4.99 Å². The van der Waals surface area contributed by atoms with Crippen LogP contribution in [0.2, 0.25) is 0 Å². The fourth-order valence-corrected chi connectivity index (χ4v) is 3.28. The number of aliphatic imine (C=N–C) groups is 1. The van der Waals surface area contributed by atoms with Crippen LogP contribution in [0.25, 0.3) is 0 Å². The van der Waals surface area contributed by atoms with Gasteiger partial charge in [-0.25, -0.2) is 0 Å². The van der Waals surface area contributed by atoms with E-state index in [2.05, 4.69) is 15.2 Å². The summed E-state index contributed by atoms with van der Waals surface area (Å²) in [6.45, 7) is 6.05. The van der Waals surface area contributed by atoms with E-state index in [0.29, 0.717) is 0 Å². The molecule has 2 aliphatic rings. The van der Waals surface area contributed by atoms with E-state index in [1.54, 1.807) is 0 Å². The van der Waals surface area contributed by atoms with Crippen molar-refractivity contribution in [3.8, 4) is 0 Å². The fraction of sp³-hybridized carbons (Fsp3) is 0.923. The van der Waals surface area contributed by atoms with Gasteiger partial charge in [0.2, 0.25) is 0 Å². The topological polar surface area (TPSA) is 27.6 Å². The van der Waals surface area contributed by atoms with Crippen LogP contribution in [0.5, 0.6) is 0 Å². The van der Waals surface area contributed by atoms with E-state index >= 15 is 0 Å². The third kappa shape index (κ3) is 5.30. The van der Waals surface area contributed by atoms with Crippen LogP contribution < -0.4 is 5.32 Å². The van der Waals surface area contributed by atoms with Crippen molar-refractivity contribution in [2.45, 2.75) is 38.5 Å². The first-order valence-corrected chi connectivity index (χ1v) is 8.07. The molecule has 0 saturated carbocycles. The standard InChI is InChI=1S/C13H25N3S/c1-2-4-10-16(9-3-1)11-6-12-17-13-14-7-5-8-15-13/h1-12H2,(H,14,15). The van der Waals surface area contributed by atoms with E-state index in [1.807, 2.05) is 11.8 Å². The Bertz CT molecular complexity index is 235. The predicted molar refractivity (Wildman–Crippen MR) is 76.9 cm³/mol. The van der Waals surface area contributed by atoms with Crippen molar-refractivity contribution < 1.29 is 0 Å². The van der Waals surface area contributed by atoms with Crippen LogP contribution in [-0.4, -0.2) is 48.5 Å². The second kappa shape index (κ2) is 7.98. The Labute approximate surface area is 109 Å². The zero-order valence-electron chi connectivity index (χ0n) is 10.8. The molecule has 0 atom stereocenters. The van der Waals surface area contributed by atoms with E-state index in [1.165, 1.54) is 69.1 Å². The molecule has 0 radical (unpaired) electrons. The first kappa shape index (κ1) is 13.2. The highest BCUT2D eigenvalue weighted by atomic mass is 32.2. The smallest absolute Gasteiger partial charge is 0.156 e. The maximum absolute atomic E-state index is 4.48. The van der Waals surface area contributed by atoms with Crippen molar-refractivity contribution in [3.05, 3.63) is 0 Å². The molecular formula is C13H25N3S. The van der Waals surface area contributed by atoms with Crippen LogP contribution >= 0.6 is 11.8 Å². The Hall–Kier alpha value is -0.220. The summed E-state index contributed by atoms with van der Waals surface area (Å²) in [6, 6.07) is 0. The molecule has 0 spiro atoms. The molecule has 0 amide bonds. The molecule has 4 heteroatoms. The molecule has 2 rings (SSSR count). The predicted octanol–water partition coefficient (Wildman–Crippen LogP) is 2.34. The van der Waals surface area contributed by atoms with Crippen LogP contribution in [-0.2, 0) is 0 Å². The lowest BCUT2D eigenvalue weighted by Crippen LogP contribution is -2.28. The highest BCUT2D eigenvalue weighted by Crippen LogP contribution is 2.12. The summed E-state index contributed by atoms with van der Waals surface area (Å²) in [6.07, 6.45) is 8.17. The Morgan fingerprint density at radius 1 is 1.12 bits per heavy atom. The molecule has 1 fully saturated rings. The Morgan fingerprint density at radius 2 is 1.94 bits per heavy atom. The lowest BCUT2D eigenvalue weighted by atomic mass is 10.2. The van der Waals surface area contributed by atoms with Crippen LogP contribution in [0.1, 0.15) is 38.5 Å². The number of rotatable bonds is 4. The minimum absolute atomic E-state index is 1.02. The maximum Gasteiger partial charge on any atom is 0.156 e. The largest absolute Gasteiger partial charge is 0.365 e. The second-order valence-corrected chi connectivity index (χ2v) is 6.01. The zero-order chi connectivity index (χ0) is 11.8. The summed E-state index contributed by atoms with van der Waals surface area (Å²) >= 11 is 1.90. The first-order chi connectivity index (χ1) is 8.45. The van der Waals surface area contributed by atoms with Crippen molar-refractivity contribution in [1.82, 2.24) is 10.2 Å². The van der Waals surface area contributed by atoms with Gasteiger partial charge in [0.15, 0.2) is 5.17 Å². The molecule has 3 nitrogen and oxygen atoms in total. The summed E-state index contributed by atoms with van der Waals surface area (Å²) in [7, 11) is 0. The second-order valence-electron chi connectivity index (χ2n) is 4.93. The molecule has 0 aromatic heterocycles. The molecule has 1 N–H and O–H groups in total. The van der Waals surface area contributed by atoms with Gasteiger partial charge in [0, 0.05) is 18.8 Å². The molecule has 0 aromatic rings. The third-order valence-corrected chi connectivity index (χ3v) is 4.46. The van der Waals surface area contributed by atoms with Gasteiger partial charge in [0.25, 0.3) is 0 Å². The van der Waals surface area contributed by atoms with Gasteiger partial charge in [-0.15, -0.1) is 0 Å². The van der Waals surface area contributed by atoms with Gasteiger partial charge >= 0.3 is 0 Å². The third-order valence-electron chi connectivity index (χ3n) is 3.42. The molecule has 2 heterocycles. The van der Waals surface area contributed by atoms with Crippen molar-refractivity contribution in [3.63, 3.8) is 0 Å². The average Bonchev–Trinajstić information content (AvgIpc) is 2.65. The van der Waals surface area contributed by atoms with Crippen LogP contribution in [0.15, 0.2) is 4.99 Å². The van der Waals surface area contributed by atoms with Gasteiger partial charge in [-0.3, -0.25) is 4.99 Å². The lowest BCUT2D eigenvalue weighted by Gasteiger charge is -2.19.